The first kappa shape index (κ1) is 25.6. The Morgan fingerprint density at radius 2 is 1.89 bits per heavy atom. The van der Waals surface area contributed by atoms with Crippen LogP contribution in [0.2, 0.25) is 0 Å². The van der Waals surface area contributed by atoms with Gasteiger partial charge in [0, 0.05) is 20.3 Å². The van der Waals surface area contributed by atoms with Gasteiger partial charge in [0.05, 0.1) is 29.4 Å². The predicted octanol–water partition coefficient (Wildman–Crippen LogP) is 8.01. The number of rotatable bonds is 5. The molecule has 190 valence electrons. The standard InChI is InChI=1S/C30H29BrN2O3S/c1-16(2)18-6-8-19(9-7-18)25-15-23(22-14-20(31)10-12-24(22)32-25)28(34)33-29-27(30(35)36-4)21-11-5-17(3)13-26(21)37-29/h6-10,12,14-17H,5,11,13H2,1-4H3,(H,33,34)/t17-/m1/s1. The number of aromatic nitrogens is 1. The number of methoxy groups -OCH3 is 1. The van der Waals surface area contributed by atoms with E-state index in [0.29, 0.717) is 28.0 Å². The summed E-state index contributed by atoms with van der Waals surface area (Å²) in [6, 6.07) is 15.9. The number of carbonyl (C=O) groups is 2. The number of halogens is 1. The molecule has 4 aromatic rings. The molecule has 0 unspecified atom stereocenters. The fourth-order valence-electron chi connectivity index (χ4n) is 4.90. The van der Waals surface area contributed by atoms with Gasteiger partial charge in [0.2, 0.25) is 0 Å². The number of hydrogen-bond acceptors (Lipinski definition) is 5. The summed E-state index contributed by atoms with van der Waals surface area (Å²) in [7, 11) is 1.38. The number of ether oxygens (including phenoxy) is 1. The molecule has 1 aliphatic carbocycles. The molecule has 7 heteroatoms. The van der Waals surface area contributed by atoms with E-state index in [4.69, 9.17) is 9.72 Å². The van der Waals surface area contributed by atoms with Crippen molar-refractivity contribution in [3.8, 4) is 11.3 Å². The van der Waals surface area contributed by atoms with Crippen molar-refractivity contribution >= 4 is 55.0 Å². The number of esters is 1. The maximum absolute atomic E-state index is 13.8. The second kappa shape index (κ2) is 10.4. The van der Waals surface area contributed by atoms with E-state index in [1.54, 1.807) is 0 Å². The van der Waals surface area contributed by atoms with Gasteiger partial charge in [-0.05, 0) is 66.5 Å². The summed E-state index contributed by atoms with van der Waals surface area (Å²) in [6.07, 6.45) is 2.74. The highest BCUT2D eigenvalue weighted by atomic mass is 79.9. The Balaban J connectivity index is 1.58. The second-order valence-corrected chi connectivity index (χ2v) is 12.0. The lowest BCUT2D eigenvalue weighted by atomic mass is 9.88. The van der Waals surface area contributed by atoms with E-state index in [0.717, 1.165) is 56.3 Å². The molecule has 1 amide bonds. The summed E-state index contributed by atoms with van der Waals surface area (Å²) in [4.78, 5) is 32.6. The fourth-order valence-corrected chi connectivity index (χ4v) is 6.65. The zero-order valence-corrected chi connectivity index (χ0v) is 23.8. The summed E-state index contributed by atoms with van der Waals surface area (Å²) in [5, 5.41) is 4.36. The number of carbonyl (C=O) groups excluding carboxylic acids is 2. The highest BCUT2D eigenvalue weighted by molar-refractivity contribution is 9.10. The van der Waals surface area contributed by atoms with Crippen molar-refractivity contribution in [2.75, 3.05) is 12.4 Å². The Labute approximate surface area is 229 Å². The van der Waals surface area contributed by atoms with Crippen LogP contribution in [0.15, 0.2) is 53.0 Å². The molecular formula is C30H29BrN2O3S. The van der Waals surface area contributed by atoms with Crippen LogP contribution < -0.4 is 5.32 Å². The first-order valence-electron chi connectivity index (χ1n) is 12.5. The third-order valence-corrected chi connectivity index (χ3v) is 8.68. The van der Waals surface area contributed by atoms with E-state index in [1.165, 1.54) is 24.0 Å². The monoisotopic (exact) mass is 576 g/mol. The molecule has 0 aliphatic heterocycles. The number of nitrogens with one attached hydrogen (secondary N) is 1. The van der Waals surface area contributed by atoms with Crippen molar-refractivity contribution in [2.24, 2.45) is 5.92 Å². The maximum Gasteiger partial charge on any atom is 0.341 e. The average Bonchev–Trinajstić information content (AvgIpc) is 3.24. The van der Waals surface area contributed by atoms with E-state index in [-0.39, 0.29) is 5.91 Å². The summed E-state index contributed by atoms with van der Waals surface area (Å²) >= 11 is 5.02. The third-order valence-electron chi connectivity index (χ3n) is 7.02. The largest absolute Gasteiger partial charge is 0.465 e. The molecule has 1 aliphatic rings. The van der Waals surface area contributed by atoms with E-state index < -0.39 is 5.97 Å². The van der Waals surface area contributed by atoms with E-state index in [9.17, 15) is 9.59 Å². The minimum Gasteiger partial charge on any atom is -0.465 e. The van der Waals surface area contributed by atoms with Crippen molar-refractivity contribution in [1.29, 1.82) is 0 Å². The van der Waals surface area contributed by atoms with Gasteiger partial charge >= 0.3 is 5.97 Å². The minimum absolute atomic E-state index is 0.276. The Bertz CT molecular complexity index is 1510. The van der Waals surface area contributed by atoms with Gasteiger partial charge in [0.15, 0.2) is 0 Å². The van der Waals surface area contributed by atoms with Crippen LogP contribution in [0.1, 0.15) is 69.8 Å². The quantitative estimate of drug-likeness (QED) is 0.244. The number of hydrogen-bond donors (Lipinski definition) is 1. The van der Waals surface area contributed by atoms with Crippen LogP contribution >= 0.6 is 27.3 Å². The second-order valence-electron chi connectivity index (χ2n) is 9.99. The summed E-state index contributed by atoms with van der Waals surface area (Å²) in [6.45, 7) is 6.54. The van der Waals surface area contributed by atoms with Crippen LogP contribution in [0.5, 0.6) is 0 Å². The average molecular weight is 578 g/mol. The number of pyridine rings is 1. The molecule has 5 nitrogen and oxygen atoms in total. The highest BCUT2D eigenvalue weighted by Gasteiger charge is 2.29. The molecule has 1 atom stereocenters. The Kier molecular flexibility index (Phi) is 7.19. The molecule has 0 fully saturated rings. The molecule has 1 N–H and O–H groups in total. The van der Waals surface area contributed by atoms with Crippen LogP contribution in [0.3, 0.4) is 0 Å². The first-order chi connectivity index (χ1) is 17.7. The van der Waals surface area contributed by atoms with Gasteiger partial charge in [-0.2, -0.15) is 0 Å². The topological polar surface area (TPSA) is 68.3 Å². The molecule has 0 spiro atoms. The third kappa shape index (κ3) is 5.07. The zero-order valence-electron chi connectivity index (χ0n) is 21.4. The Morgan fingerprint density at radius 1 is 1.14 bits per heavy atom. The number of amides is 1. The zero-order chi connectivity index (χ0) is 26.3. The molecule has 5 rings (SSSR count). The van der Waals surface area contributed by atoms with Gasteiger partial charge in [-0.3, -0.25) is 4.79 Å². The SMILES string of the molecule is COC(=O)c1c(NC(=O)c2cc(-c3ccc(C(C)C)cc3)nc3ccc(Br)cc23)sc2c1CC[C@@H](C)C2. The lowest BCUT2D eigenvalue weighted by Gasteiger charge is -2.18. The smallest absolute Gasteiger partial charge is 0.341 e. The molecule has 37 heavy (non-hydrogen) atoms. The minimum atomic E-state index is -0.407. The van der Waals surface area contributed by atoms with Crippen molar-refractivity contribution in [2.45, 2.75) is 46.0 Å². The number of thiophene rings is 1. The normalized spacial score (nSPS) is 15.0. The summed E-state index contributed by atoms with van der Waals surface area (Å²) in [5.74, 6) is 0.296. The first-order valence-corrected chi connectivity index (χ1v) is 14.1. The highest BCUT2D eigenvalue weighted by Crippen LogP contribution is 2.40. The molecule has 2 aromatic heterocycles. The van der Waals surface area contributed by atoms with Crippen molar-refractivity contribution in [3.63, 3.8) is 0 Å². The van der Waals surface area contributed by atoms with Crippen LogP contribution in [0.4, 0.5) is 5.00 Å². The molecule has 0 bridgehead atoms. The van der Waals surface area contributed by atoms with Gasteiger partial charge < -0.3 is 10.1 Å². The van der Waals surface area contributed by atoms with Gasteiger partial charge in [0.25, 0.3) is 5.91 Å². The van der Waals surface area contributed by atoms with Crippen LogP contribution in [0, 0.1) is 5.92 Å². The number of anilines is 1. The molecule has 0 saturated carbocycles. The number of nitrogens with zero attached hydrogens (tertiary/aromatic N) is 1. The van der Waals surface area contributed by atoms with Crippen molar-refractivity contribution < 1.29 is 14.3 Å². The number of fused-ring (bicyclic) bond motifs is 2. The molecule has 0 radical (unpaired) electrons. The lowest BCUT2D eigenvalue weighted by Crippen LogP contribution is -2.16. The van der Waals surface area contributed by atoms with Crippen molar-refractivity contribution in [1.82, 2.24) is 4.98 Å². The van der Waals surface area contributed by atoms with Gasteiger partial charge in [-0.25, -0.2) is 9.78 Å². The predicted molar refractivity (Wildman–Crippen MR) is 154 cm³/mol. The number of benzene rings is 2. The molecule has 0 saturated heterocycles. The van der Waals surface area contributed by atoms with E-state index >= 15 is 0 Å². The molecule has 2 heterocycles. The molecule has 2 aromatic carbocycles. The summed E-state index contributed by atoms with van der Waals surface area (Å²) < 4.78 is 5.97. The lowest BCUT2D eigenvalue weighted by molar-refractivity contribution is 0.0601. The van der Waals surface area contributed by atoms with Gasteiger partial charge in [-0.15, -0.1) is 11.3 Å². The maximum atomic E-state index is 13.8. The Hall–Kier alpha value is -3.03. The van der Waals surface area contributed by atoms with E-state index in [2.05, 4.69) is 54.2 Å². The Morgan fingerprint density at radius 3 is 2.59 bits per heavy atom. The molecular weight excluding hydrogens is 548 g/mol. The van der Waals surface area contributed by atoms with Crippen LogP contribution in [-0.4, -0.2) is 24.0 Å². The fraction of sp³-hybridized carbons (Fsp3) is 0.300. The van der Waals surface area contributed by atoms with Crippen LogP contribution in [0.25, 0.3) is 22.2 Å². The van der Waals surface area contributed by atoms with E-state index in [1.807, 2.05) is 36.4 Å². The van der Waals surface area contributed by atoms with Crippen molar-refractivity contribution in [3.05, 3.63) is 80.1 Å². The van der Waals surface area contributed by atoms with Gasteiger partial charge in [0.1, 0.15) is 5.00 Å². The summed E-state index contributed by atoms with van der Waals surface area (Å²) in [5.41, 5.74) is 5.65. The van der Waals surface area contributed by atoms with Crippen LogP contribution in [-0.2, 0) is 17.6 Å². The van der Waals surface area contributed by atoms with Gasteiger partial charge in [-0.1, -0.05) is 61.0 Å².